The Balaban J connectivity index is 1.97. The monoisotopic (exact) mass is 365 g/mol. The maximum Gasteiger partial charge on any atom is 0.204 e. The maximum absolute atomic E-state index is 10.6. The summed E-state index contributed by atoms with van der Waals surface area (Å²) in [5.74, 6) is 0.586. The summed E-state index contributed by atoms with van der Waals surface area (Å²) in [7, 11) is 0. The molecular weight excluding hydrogens is 349 g/mol. The molecule has 0 amide bonds. The van der Waals surface area contributed by atoms with E-state index in [1.165, 1.54) is 0 Å². The molecule has 1 atom stereocenters. The van der Waals surface area contributed by atoms with Crippen LogP contribution in [0.5, 0.6) is 0 Å². The van der Waals surface area contributed by atoms with Crippen molar-refractivity contribution in [3.8, 4) is 0 Å². The number of para-hydroxylation sites is 2. The van der Waals surface area contributed by atoms with E-state index in [0.29, 0.717) is 28.1 Å². The quantitative estimate of drug-likeness (QED) is 0.625. The second kappa shape index (κ2) is 7.40. The summed E-state index contributed by atoms with van der Waals surface area (Å²) in [6, 6.07) is 12.6. The van der Waals surface area contributed by atoms with Crippen LogP contribution < -0.4 is 5.32 Å². The number of nitrogens with zero attached hydrogens (tertiary/aromatic N) is 2. The third-order valence-corrected chi connectivity index (χ3v) is 4.30. The predicted molar refractivity (Wildman–Crippen MR) is 96.7 cm³/mol. The Hall–Kier alpha value is -1.79. The van der Waals surface area contributed by atoms with Gasteiger partial charge in [-0.05, 0) is 30.3 Å². The highest BCUT2D eigenvalue weighted by Gasteiger charge is 2.17. The molecule has 126 valence electrons. The molecule has 0 radical (unpaired) electrons. The van der Waals surface area contributed by atoms with Crippen molar-refractivity contribution in [2.45, 2.75) is 12.6 Å². The summed E-state index contributed by atoms with van der Waals surface area (Å²) in [4.78, 5) is 4.51. The molecule has 7 heteroatoms. The van der Waals surface area contributed by atoms with Gasteiger partial charge in [0.05, 0.1) is 30.3 Å². The molecule has 0 aliphatic heterocycles. The van der Waals surface area contributed by atoms with Gasteiger partial charge in [-0.1, -0.05) is 35.3 Å². The minimum atomic E-state index is -0.844. The van der Waals surface area contributed by atoms with Crippen LogP contribution in [0.25, 0.3) is 11.0 Å². The fourth-order valence-corrected chi connectivity index (χ4v) is 3.03. The first kappa shape index (κ1) is 17.0. The van der Waals surface area contributed by atoms with E-state index >= 15 is 0 Å². The second-order valence-electron chi connectivity index (χ2n) is 5.37. The van der Waals surface area contributed by atoms with Gasteiger partial charge in [-0.3, -0.25) is 0 Å². The van der Waals surface area contributed by atoms with E-state index in [0.717, 1.165) is 11.0 Å². The Kier molecular flexibility index (Phi) is 5.26. The number of halogens is 2. The van der Waals surface area contributed by atoms with Crippen LogP contribution in [0.2, 0.25) is 10.0 Å². The van der Waals surface area contributed by atoms with Gasteiger partial charge < -0.3 is 20.1 Å². The fourth-order valence-electron chi connectivity index (χ4n) is 2.60. The van der Waals surface area contributed by atoms with Gasteiger partial charge in [0.15, 0.2) is 0 Å². The van der Waals surface area contributed by atoms with Gasteiger partial charge >= 0.3 is 0 Å². The van der Waals surface area contributed by atoms with Crippen molar-refractivity contribution >= 4 is 40.2 Å². The van der Waals surface area contributed by atoms with Crippen LogP contribution in [0.3, 0.4) is 0 Å². The lowest BCUT2D eigenvalue weighted by atomic mass is 10.1. The lowest BCUT2D eigenvalue weighted by molar-refractivity contribution is 0.158. The number of benzene rings is 2. The van der Waals surface area contributed by atoms with Crippen molar-refractivity contribution in [2.75, 3.05) is 18.5 Å². The molecule has 2 aromatic carbocycles. The van der Waals surface area contributed by atoms with Crippen LogP contribution in [-0.4, -0.2) is 32.9 Å². The number of hydrogen-bond acceptors (Lipinski definition) is 4. The Bertz CT molecular complexity index is 851. The summed E-state index contributed by atoms with van der Waals surface area (Å²) in [5.41, 5.74) is 2.26. The smallest absolute Gasteiger partial charge is 0.204 e. The SMILES string of the molecule is OCCNc1nc2ccccc2n1CC(O)c1cc(Cl)ccc1Cl. The van der Waals surface area contributed by atoms with Gasteiger partial charge in [-0.25, -0.2) is 4.98 Å². The predicted octanol–water partition coefficient (Wildman–Crippen LogP) is 3.48. The fraction of sp³-hybridized carbons (Fsp3) is 0.235. The zero-order valence-electron chi connectivity index (χ0n) is 12.8. The molecule has 24 heavy (non-hydrogen) atoms. The van der Waals surface area contributed by atoms with Crippen LogP contribution in [0, 0.1) is 0 Å². The molecule has 0 fully saturated rings. The summed E-state index contributed by atoms with van der Waals surface area (Å²) >= 11 is 12.2. The number of aliphatic hydroxyl groups is 2. The van der Waals surface area contributed by atoms with E-state index in [9.17, 15) is 5.11 Å². The summed E-state index contributed by atoms with van der Waals surface area (Å²) in [6.45, 7) is 0.623. The largest absolute Gasteiger partial charge is 0.395 e. The first-order chi connectivity index (χ1) is 11.6. The van der Waals surface area contributed by atoms with Crippen molar-refractivity contribution in [2.24, 2.45) is 0 Å². The van der Waals surface area contributed by atoms with Crippen molar-refractivity contribution in [3.05, 3.63) is 58.1 Å². The average Bonchev–Trinajstić information content (AvgIpc) is 2.93. The zero-order valence-corrected chi connectivity index (χ0v) is 14.3. The topological polar surface area (TPSA) is 70.3 Å². The molecule has 0 saturated heterocycles. The normalized spacial score (nSPS) is 12.5. The standard InChI is InChI=1S/C17H17Cl2N3O2/c18-11-5-6-13(19)12(9-11)16(24)10-22-15-4-2-1-3-14(15)21-17(22)20-7-8-23/h1-6,9,16,23-24H,7-8,10H2,(H,20,21). The molecule has 3 aromatic rings. The van der Waals surface area contributed by atoms with Crippen LogP contribution >= 0.6 is 23.2 Å². The molecule has 1 heterocycles. The first-order valence-electron chi connectivity index (χ1n) is 7.53. The minimum absolute atomic E-state index is 0.00806. The van der Waals surface area contributed by atoms with Gasteiger partial charge in [0.25, 0.3) is 0 Å². The van der Waals surface area contributed by atoms with E-state index in [2.05, 4.69) is 10.3 Å². The van der Waals surface area contributed by atoms with Crippen molar-refractivity contribution in [3.63, 3.8) is 0 Å². The molecule has 1 unspecified atom stereocenters. The molecule has 0 saturated carbocycles. The van der Waals surface area contributed by atoms with Crippen LogP contribution in [-0.2, 0) is 6.54 Å². The number of imidazole rings is 1. The summed E-state index contributed by atoms with van der Waals surface area (Å²) in [6.07, 6.45) is -0.844. The molecular formula is C17H17Cl2N3O2. The van der Waals surface area contributed by atoms with E-state index in [1.807, 2.05) is 28.8 Å². The average molecular weight is 366 g/mol. The number of anilines is 1. The number of aromatic nitrogens is 2. The number of fused-ring (bicyclic) bond motifs is 1. The maximum atomic E-state index is 10.6. The molecule has 0 bridgehead atoms. The molecule has 5 nitrogen and oxygen atoms in total. The Morgan fingerprint density at radius 2 is 1.96 bits per heavy atom. The Labute approximate surface area is 149 Å². The lowest BCUT2D eigenvalue weighted by Crippen LogP contribution is -2.15. The van der Waals surface area contributed by atoms with Gasteiger partial charge in [-0.2, -0.15) is 0 Å². The third kappa shape index (κ3) is 3.49. The summed E-state index contributed by atoms with van der Waals surface area (Å²) < 4.78 is 1.87. The molecule has 3 N–H and O–H groups in total. The number of rotatable bonds is 6. The number of hydrogen-bond donors (Lipinski definition) is 3. The van der Waals surface area contributed by atoms with Crippen LogP contribution in [0.15, 0.2) is 42.5 Å². The van der Waals surface area contributed by atoms with E-state index in [-0.39, 0.29) is 13.2 Å². The van der Waals surface area contributed by atoms with Gasteiger partial charge in [0.2, 0.25) is 5.95 Å². The lowest BCUT2D eigenvalue weighted by Gasteiger charge is -2.17. The minimum Gasteiger partial charge on any atom is -0.395 e. The number of nitrogens with one attached hydrogen (secondary N) is 1. The van der Waals surface area contributed by atoms with E-state index in [4.69, 9.17) is 28.3 Å². The van der Waals surface area contributed by atoms with E-state index in [1.54, 1.807) is 18.2 Å². The van der Waals surface area contributed by atoms with Gasteiger partial charge in [0.1, 0.15) is 0 Å². The van der Waals surface area contributed by atoms with E-state index < -0.39 is 6.10 Å². The van der Waals surface area contributed by atoms with Crippen molar-refractivity contribution in [1.82, 2.24) is 9.55 Å². The molecule has 0 aliphatic rings. The van der Waals surface area contributed by atoms with Crippen LogP contribution in [0.1, 0.15) is 11.7 Å². The number of aliphatic hydroxyl groups excluding tert-OH is 2. The highest BCUT2D eigenvalue weighted by molar-refractivity contribution is 6.33. The van der Waals surface area contributed by atoms with Gasteiger partial charge in [0, 0.05) is 22.2 Å². The van der Waals surface area contributed by atoms with Crippen molar-refractivity contribution < 1.29 is 10.2 Å². The third-order valence-electron chi connectivity index (χ3n) is 3.72. The Morgan fingerprint density at radius 3 is 2.75 bits per heavy atom. The zero-order chi connectivity index (χ0) is 17.1. The molecule has 0 spiro atoms. The highest BCUT2D eigenvalue weighted by atomic mass is 35.5. The van der Waals surface area contributed by atoms with Crippen LogP contribution in [0.4, 0.5) is 5.95 Å². The molecule has 1 aromatic heterocycles. The molecule has 3 rings (SSSR count). The Morgan fingerprint density at radius 1 is 1.17 bits per heavy atom. The molecule has 0 aliphatic carbocycles. The summed E-state index contributed by atoms with van der Waals surface area (Å²) in [5, 5.41) is 23.7. The first-order valence-corrected chi connectivity index (χ1v) is 8.28. The second-order valence-corrected chi connectivity index (χ2v) is 6.21. The van der Waals surface area contributed by atoms with Gasteiger partial charge in [-0.15, -0.1) is 0 Å². The van der Waals surface area contributed by atoms with Crippen molar-refractivity contribution in [1.29, 1.82) is 0 Å². The highest BCUT2D eigenvalue weighted by Crippen LogP contribution is 2.29.